The number of nitrogens with zero attached hydrogens (tertiary/aromatic N) is 1. The smallest absolute Gasteiger partial charge is 0.0503 e. The van der Waals surface area contributed by atoms with Gasteiger partial charge in [-0.1, -0.05) is 13.8 Å². The largest absolute Gasteiger partial charge is 0.397 e. The fraction of sp³-hybridized carbons (Fsp3) is 0.444. The van der Waals surface area contributed by atoms with Crippen molar-refractivity contribution in [3.8, 4) is 0 Å². The quantitative estimate of drug-likeness (QED) is 0.706. The molecule has 1 heterocycles. The normalized spacial score (nSPS) is 10.6. The van der Waals surface area contributed by atoms with E-state index in [4.69, 9.17) is 5.73 Å². The Morgan fingerprint density at radius 2 is 2.25 bits per heavy atom. The van der Waals surface area contributed by atoms with Gasteiger partial charge < -0.3 is 11.1 Å². The van der Waals surface area contributed by atoms with Gasteiger partial charge in [0.25, 0.3) is 0 Å². The van der Waals surface area contributed by atoms with Crippen LogP contribution in [0.4, 0.5) is 5.69 Å². The van der Waals surface area contributed by atoms with Gasteiger partial charge in [0, 0.05) is 25.0 Å². The number of pyridine rings is 1. The molecular formula is C9H15N3. The summed E-state index contributed by atoms with van der Waals surface area (Å²) in [6.07, 6.45) is 3.48. The molecule has 0 bridgehead atoms. The van der Waals surface area contributed by atoms with Gasteiger partial charge in [-0.05, 0) is 11.6 Å². The minimum Gasteiger partial charge on any atom is -0.397 e. The van der Waals surface area contributed by atoms with Crippen molar-refractivity contribution in [1.29, 1.82) is 0 Å². The summed E-state index contributed by atoms with van der Waals surface area (Å²) < 4.78 is 0. The van der Waals surface area contributed by atoms with Crippen molar-refractivity contribution in [3.63, 3.8) is 0 Å². The van der Waals surface area contributed by atoms with E-state index in [1.807, 2.05) is 12.3 Å². The van der Waals surface area contributed by atoms with Gasteiger partial charge in [0.1, 0.15) is 0 Å². The molecule has 1 aromatic rings. The van der Waals surface area contributed by atoms with Gasteiger partial charge in [-0.15, -0.1) is 0 Å². The summed E-state index contributed by atoms with van der Waals surface area (Å²) in [7, 11) is 0. The number of anilines is 1. The lowest BCUT2D eigenvalue weighted by Gasteiger charge is -2.07. The Balaban J connectivity index is 2.52. The summed E-state index contributed by atoms with van der Waals surface area (Å²) in [6.45, 7) is 5.05. The zero-order chi connectivity index (χ0) is 8.97. The van der Waals surface area contributed by atoms with Gasteiger partial charge in [0.15, 0.2) is 0 Å². The Morgan fingerprint density at radius 1 is 1.50 bits per heavy atom. The van der Waals surface area contributed by atoms with Crippen LogP contribution in [-0.4, -0.2) is 11.0 Å². The van der Waals surface area contributed by atoms with Crippen LogP contribution in [0.15, 0.2) is 18.5 Å². The standard InChI is InChI=1S/C9H15N3/c1-7(2)12-5-8-3-9(10)6-11-4-8/h3-4,6-7,12H,5,10H2,1-2H3. The lowest BCUT2D eigenvalue weighted by molar-refractivity contribution is 0.588. The second kappa shape index (κ2) is 4.07. The highest BCUT2D eigenvalue weighted by atomic mass is 14.9. The summed E-state index contributed by atoms with van der Waals surface area (Å²) in [5.41, 5.74) is 7.42. The molecule has 0 atom stereocenters. The molecule has 0 aliphatic rings. The highest BCUT2D eigenvalue weighted by molar-refractivity contribution is 5.36. The second-order valence-electron chi connectivity index (χ2n) is 3.16. The van der Waals surface area contributed by atoms with Crippen LogP contribution < -0.4 is 11.1 Å². The van der Waals surface area contributed by atoms with Crippen LogP contribution in [-0.2, 0) is 6.54 Å². The first-order chi connectivity index (χ1) is 5.68. The average molecular weight is 165 g/mol. The SMILES string of the molecule is CC(C)NCc1cncc(N)c1. The van der Waals surface area contributed by atoms with E-state index in [1.54, 1.807) is 6.20 Å². The third kappa shape index (κ3) is 2.88. The second-order valence-corrected chi connectivity index (χ2v) is 3.16. The lowest BCUT2D eigenvalue weighted by Crippen LogP contribution is -2.21. The molecule has 0 unspecified atom stereocenters. The van der Waals surface area contributed by atoms with Gasteiger partial charge in [0.2, 0.25) is 0 Å². The van der Waals surface area contributed by atoms with Crippen molar-refractivity contribution >= 4 is 5.69 Å². The van der Waals surface area contributed by atoms with Crippen LogP contribution >= 0.6 is 0 Å². The summed E-state index contributed by atoms with van der Waals surface area (Å²) in [5.74, 6) is 0. The fourth-order valence-corrected chi connectivity index (χ4v) is 0.926. The number of hydrogen-bond acceptors (Lipinski definition) is 3. The van der Waals surface area contributed by atoms with E-state index in [1.165, 1.54) is 0 Å². The van der Waals surface area contributed by atoms with E-state index in [-0.39, 0.29) is 0 Å². The Kier molecular flexibility index (Phi) is 3.05. The summed E-state index contributed by atoms with van der Waals surface area (Å²) in [5, 5.41) is 3.29. The van der Waals surface area contributed by atoms with Crippen molar-refractivity contribution in [2.45, 2.75) is 26.4 Å². The molecule has 0 saturated carbocycles. The van der Waals surface area contributed by atoms with E-state index in [2.05, 4.69) is 24.1 Å². The molecule has 3 N–H and O–H groups in total. The highest BCUT2D eigenvalue weighted by Crippen LogP contribution is 2.03. The fourth-order valence-electron chi connectivity index (χ4n) is 0.926. The molecule has 1 rings (SSSR count). The molecule has 12 heavy (non-hydrogen) atoms. The minimum atomic E-state index is 0.492. The third-order valence-corrected chi connectivity index (χ3v) is 1.53. The molecule has 0 fully saturated rings. The molecule has 0 aromatic carbocycles. The first kappa shape index (κ1) is 9.00. The van der Waals surface area contributed by atoms with Crippen LogP contribution in [0.5, 0.6) is 0 Å². The van der Waals surface area contributed by atoms with E-state index in [0.29, 0.717) is 6.04 Å². The van der Waals surface area contributed by atoms with Crippen LogP contribution in [0, 0.1) is 0 Å². The Morgan fingerprint density at radius 3 is 2.83 bits per heavy atom. The Hall–Kier alpha value is -1.09. The number of nitrogen functional groups attached to an aromatic ring is 1. The number of aromatic nitrogens is 1. The predicted octanol–water partition coefficient (Wildman–Crippen LogP) is 1.16. The van der Waals surface area contributed by atoms with E-state index >= 15 is 0 Å². The van der Waals surface area contributed by atoms with Crippen molar-refractivity contribution in [2.24, 2.45) is 0 Å². The molecule has 0 amide bonds. The van der Waals surface area contributed by atoms with Crippen LogP contribution in [0.3, 0.4) is 0 Å². The van der Waals surface area contributed by atoms with Crippen LogP contribution in [0.1, 0.15) is 19.4 Å². The molecule has 0 aliphatic heterocycles. The van der Waals surface area contributed by atoms with Gasteiger partial charge in [-0.2, -0.15) is 0 Å². The van der Waals surface area contributed by atoms with Gasteiger partial charge in [0.05, 0.1) is 5.69 Å². The molecule has 3 nitrogen and oxygen atoms in total. The Labute approximate surface area is 73.0 Å². The first-order valence-corrected chi connectivity index (χ1v) is 4.11. The number of nitrogens with two attached hydrogens (primary N) is 1. The number of hydrogen-bond donors (Lipinski definition) is 2. The maximum atomic E-state index is 5.57. The zero-order valence-corrected chi connectivity index (χ0v) is 7.54. The average Bonchev–Trinajstić information content (AvgIpc) is 2.01. The van der Waals surface area contributed by atoms with Crippen LogP contribution in [0.25, 0.3) is 0 Å². The van der Waals surface area contributed by atoms with Gasteiger partial charge in [-0.25, -0.2) is 0 Å². The maximum absolute atomic E-state index is 5.57. The molecular weight excluding hydrogens is 150 g/mol. The topological polar surface area (TPSA) is 50.9 Å². The summed E-state index contributed by atoms with van der Waals surface area (Å²) in [6, 6.07) is 2.42. The third-order valence-electron chi connectivity index (χ3n) is 1.53. The first-order valence-electron chi connectivity index (χ1n) is 4.11. The summed E-state index contributed by atoms with van der Waals surface area (Å²) >= 11 is 0. The Bertz CT molecular complexity index is 245. The predicted molar refractivity (Wildman–Crippen MR) is 50.6 cm³/mol. The molecule has 0 radical (unpaired) electrons. The van der Waals surface area contributed by atoms with Gasteiger partial charge in [-0.3, -0.25) is 4.98 Å². The molecule has 1 aromatic heterocycles. The highest BCUT2D eigenvalue weighted by Gasteiger charge is 1.95. The summed E-state index contributed by atoms with van der Waals surface area (Å²) in [4.78, 5) is 4.00. The molecule has 0 spiro atoms. The van der Waals surface area contributed by atoms with E-state index in [9.17, 15) is 0 Å². The van der Waals surface area contributed by atoms with E-state index < -0.39 is 0 Å². The van der Waals surface area contributed by atoms with Crippen molar-refractivity contribution in [1.82, 2.24) is 10.3 Å². The molecule has 0 aliphatic carbocycles. The zero-order valence-electron chi connectivity index (χ0n) is 7.54. The van der Waals surface area contributed by atoms with Crippen molar-refractivity contribution in [3.05, 3.63) is 24.0 Å². The number of rotatable bonds is 3. The minimum absolute atomic E-state index is 0.492. The van der Waals surface area contributed by atoms with Crippen molar-refractivity contribution in [2.75, 3.05) is 5.73 Å². The van der Waals surface area contributed by atoms with Crippen molar-refractivity contribution < 1.29 is 0 Å². The number of nitrogens with one attached hydrogen (secondary N) is 1. The van der Waals surface area contributed by atoms with Gasteiger partial charge >= 0.3 is 0 Å². The van der Waals surface area contributed by atoms with Crippen LogP contribution in [0.2, 0.25) is 0 Å². The monoisotopic (exact) mass is 165 g/mol. The lowest BCUT2D eigenvalue weighted by atomic mass is 10.2. The molecule has 66 valence electrons. The molecule has 3 heteroatoms. The molecule has 0 saturated heterocycles. The van der Waals surface area contributed by atoms with E-state index in [0.717, 1.165) is 17.8 Å². The maximum Gasteiger partial charge on any atom is 0.0503 e.